The Morgan fingerprint density at radius 1 is 0.900 bits per heavy atom. The number of nitrogens with zero attached hydrogens (tertiary/aromatic N) is 2. The second-order valence-corrected chi connectivity index (χ2v) is 8.34. The van der Waals surface area contributed by atoms with Gasteiger partial charge in [-0.3, -0.25) is 4.98 Å². The van der Waals surface area contributed by atoms with Crippen LogP contribution in [0, 0.1) is 0 Å². The predicted molar refractivity (Wildman–Crippen MR) is 126 cm³/mol. The van der Waals surface area contributed by atoms with Gasteiger partial charge in [0.1, 0.15) is 17.6 Å². The van der Waals surface area contributed by atoms with Gasteiger partial charge in [-0.25, -0.2) is 0 Å². The van der Waals surface area contributed by atoms with Crippen molar-refractivity contribution >= 4 is 38.9 Å². The van der Waals surface area contributed by atoms with Crippen molar-refractivity contribution in [2.75, 3.05) is 4.90 Å². The van der Waals surface area contributed by atoms with Crippen LogP contribution in [0.15, 0.2) is 100 Å². The number of nitrogens with one attached hydrogen (secondary N) is 1. The number of rotatable bonds is 4. The summed E-state index contributed by atoms with van der Waals surface area (Å²) in [4.78, 5) is 6.69. The van der Waals surface area contributed by atoms with E-state index in [-0.39, 0.29) is 12.1 Å². The molecule has 0 spiro atoms. The average Bonchev–Trinajstić information content (AvgIpc) is 3.40. The number of pyridine rings is 1. The SMILES string of the molecule is S=C1N[C@H](c2ccccn2)[C@@H](c2ccc(-c3ccc(Br)cc3)o2)N1c1ccccc1. The van der Waals surface area contributed by atoms with E-state index in [2.05, 4.69) is 43.3 Å². The normalized spacial score (nSPS) is 18.4. The van der Waals surface area contributed by atoms with Crippen molar-refractivity contribution in [1.29, 1.82) is 0 Å². The first-order valence-corrected chi connectivity index (χ1v) is 10.8. The van der Waals surface area contributed by atoms with Crippen LogP contribution in [0.4, 0.5) is 5.69 Å². The maximum atomic E-state index is 6.36. The van der Waals surface area contributed by atoms with Crippen LogP contribution in [-0.4, -0.2) is 10.1 Å². The van der Waals surface area contributed by atoms with Gasteiger partial charge in [-0.1, -0.05) is 52.3 Å². The molecule has 148 valence electrons. The molecule has 4 nitrogen and oxygen atoms in total. The molecule has 1 fully saturated rings. The molecule has 2 aromatic carbocycles. The molecule has 0 bridgehead atoms. The minimum Gasteiger partial charge on any atom is -0.459 e. The zero-order valence-electron chi connectivity index (χ0n) is 15.9. The van der Waals surface area contributed by atoms with E-state index in [0.717, 1.165) is 32.9 Å². The van der Waals surface area contributed by atoms with Crippen LogP contribution in [0.5, 0.6) is 0 Å². The molecule has 0 aliphatic carbocycles. The van der Waals surface area contributed by atoms with Gasteiger partial charge in [-0.2, -0.15) is 0 Å². The third kappa shape index (κ3) is 3.53. The molecule has 1 saturated heterocycles. The van der Waals surface area contributed by atoms with Crippen LogP contribution in [-0.2, 0) is 0 Å². The van der Waals surface area contributed by atoms with Gasteiger partial charge >= 0.3 is 0 Å². The number of thiocarbonyl (C=S) groups is 1. The van der Waals surface area contributed by atoms with E-state index in [1.807, 2.05) is 72.8 Å². The Bertz CT molecular complexity index is 1160. The Balaban J connectivity index is 1.59. The van der Waals surface area contributed by atoms with Gasteiger partial charge in [0.05, 0.1) is 11.7 Å². The molecule has 0 saturated carbocycles. The van der Waals surface area contributed by atoms with Crippen LogP contribution in [0.25, 0.3) is 11.3 Å². The number of aromatic nitrogens is 1. The highest BCUT2D eigenvalue weighted by Crippen LogP contribution is 2.42. The fraction of sp³-hybridized carbons (Fsp3) is 0.0833. The molecule has 0 amide bonds. The lowest BCUT2D eigenvalue weighted by Gasteiger charge is -2.26. The van der Waals surface area contributed by atoms with Crippen molar-refractivity contribution in [1.82, 2.24) is 10.3 Å². The second-order valence-electron chi connectivity index (χ2n) is 7.04. The van der Waals surface area contributed by atoms with Crippen LogP contribution in [0.1, 0.15) is 23.5 Å². The molecule has 1 aliphatic rings. The molecule has 2 aromatic heterocycles. The van der Waals surface area contributed by atoms with Gasteiger partial charge in [-0.05, 0) is 60.7 Å². The fourth-order valence-corrected chi connectivity index (χ4v) is 4.40. The zero-order chi connectivity index (χ0) is 20.5. The quantitative estimate of drug-likeness (QED) is 0.351. The highest BCUT2D eigenvalue weighted by Gasteiger charge is 2.42. The highest BCUT2D eigenvalue weighted by molar-refractivity contribution is 9.10. The predicted octanol–water partition coefficient (Wildman–Crippen LogP) is 6.28. The maximum absolute atomic E-state index is 6.36. The first-order chi connectivity index (χ1) is 14.7. The van der Waals surface area contributed by atoms with E-state index < -0.39 is 0 Å². The maximum Gasteiger partial charge on any atom is 0.174 e. The molecule has 30 heavy (non-hydrogen) atoms. The Hall–Kier alpha value is -2.96. The molecular formula is C24H18BrN3OS. The Morgan fingerprint density at radius 3 is 2.40 bits per heavy atom. The van der Waals surface area contributed by atoms with Crippen LogP contribution in [0.2, 0.25) is 0 Å². The van der Waals surface area contributed by atoms with E-state index >= 15 is 0 Å². The van der Waals surface area contributed by atoms with Crippen LogP contribution >= 0.6 is 28.1 Å². The molecular weight excluding hydrogens is 458 g/mol. The molecule has 1 N–H and O–H groups in total. The number of benzene rings is 2. The molecule has 2 atom stereocenters. The number of hydrogen-bond acceptors (Lipinski definition) is 3. The molecule has 0 unspecified atom stereocenters. The fourth-order valence-electron chi connectivity index (χ4n) is 3.79. The highest BCUT2D eigenvalue weighted by atomic mass is 79.9. The van der Waals surface area contributed by atoms with Crippen molar-refractivity contribution in [3.05, 3.63) is 107 Å². The Morgan fingerprint density at radius 2 is 1.67 bits per heavy atom. The lowest BCUT2D eigenvalue weighted by molar-refractivity contribution is 0.439. The van der Waals surface area contributed by atoms with Gasteiger partial charge in [0.15, 0.2) is 5.11 Å². The van der Waals surface area contributed by atoms with Gasteiger partial charge in [-0.15, -0.1) is 0 Å². The number of furan rings is 1. The average molecular weight is 476 g/mol. The van der Waals surface area contributed by atoms with Crippen LogP contribution in [0.3, 0.4) is 0 Å². The molecule has 0 radical (unpaired) electrons. The molecule has 6 heteroatoms. The minimum absolute atomic E-state index is 0.122. The summed E-state index contributed by atoms with van der Waals surface area (Å²) in [6.07, 6.45) is 1.80. The monoisotopic (exact) mass is 475 g/mol. The summed E-state index contributed by atoms with van der Waals surface area (Å²) < 4.78 is 7.40. The Labute approximate surface area is 188 Å². The number of halogens is 1. The standard InChI is InChI=1S/C24H18BrN3OS/c25-17-11-9-16(10-12-17)20-13-14-21(29-20)23-22(19-8-4-5-15-26-19)27-24(30)28(23)18-6-2-1-3-7-18/h1-15,22-23H,(H,27,30)/t22-,23-/m1/s1. The van der Waals surface area contributed by atoms with Gasteiger partial charge in [0.25, 0.3) is 0 Å². The zero-order valence-corrected chi connectivity index (χ0v) is 18.3. The minimum atomic E-state index is -0.154. The molecule has 1 aliphatic heterocycles. The summed E-state index contributed by atoms with van der Waals surface area (Å²) >= 11 is 9.22. The van der Waals surface area contributed by atoms with Crippen molar-refractivity contribution in [2.24, 2.45) is 0 Å². The molecule has 3 heterocycles. The summed E-state index contributed by atoms with van der Waals surface area (Å²) in [5, 5.41) is 4.11. The first kappa shape index (κ1) is 19.0. The Kier molecular flexibility index (Phi) is 5.11. The smallest absolute Gasteiger partial charge is 0.174 e. The first-order valence-electron chi connectivity index (χ1n) is 9.62. The number of para-hydroxylation sites is 1. The lowest BCUT2D eigenvalue weighted by Crippen LogP contribution is -2.29. The largest absolute Gasteiger partial charge is 0.459 e. The summed E-state index contributed by atoms with van der Waals surface area (Å²) in [5.41, 5.74) is 2.96. The third-order valence-electron chi connectivity index (χ3n) is 5.18. The molecule has 4 aromatic rings. The van der Waals surface area contributed by atoms with Crippen molar-refractivity contribution in [3.63, 3.8) is 0 Å². The van der Waals surface area contributed by atoms with Crippen LogP contribution < -0.4 is 10.2 Å². The van der Waals surface area contributed by atoms with Crippen molar-refractivity contribution in [2.45, 2.75) is 12.1 Å². The van der Waals surface area contributed by atoms with Gasteiger partial charge < -0.3 is 14.6 Å². The number of anilines is 1. The van der Waals surface area contributed by atoms with Gasteiger partial charge in [0, 0.05) is 21.9 Å². The summed E-state index contributed by atoms with van der Waals surface area (Å²) in [6, 6.07) is 27.9. The van der Waals surface area contributed by atoms with Crippen molar-refractivity contribution < 1.29 is 4.42 Å². The third-order valence-corrected chi connectivity index (χ3v) is 6.02. The summed E-state index contributed by atoms with van der Waals surface area (Å²) in [5.74, 6) is 1.66. The number of hydrogen-bond donors (Lipinski definition) is 1. The van der Waals surface area contributed by atoms with E-state index in [9.17, 15) is 0 Å². The van der Waals surface area contributed by atoms with E-state index in [1.165, 1.54) is 0 Å². The second kappa shape index (κ2) is 8.05. The van der Waals surface area contributed by atoms with E-state index in [4.69, 9.17) is 16.6 Å². The van der Waals surface area contributed by atoms with E-state index in [0.29, 0.717) is 5.11 Å². The molecule has 5 rings (SSSR count). The van der Waals surface area contributed by atoms with Crippen molar-refractivity contribution in [3.8, 4) is 11.3 Å². The summed E-state index contributed by atoms with van der Waals surface area (Å²) in [6.45, 7) is 0. The summed E-state index contributed by atoms with van der Waals surface area (Å²) in [7, 11) is 0. The van der Waals surface area contributed by atoms with Gasteiger partial charge in [0.2, 0.25) is 0 Å². The lowest BCUT2D eigenvalue weighted by atomic mass is 10.0. The topological polar surface area (TPSA) is 41.3 Å². The van der Waals surface area contributed by atoms with E-state index in [1.54, 1.807) is 6.20 Å².